The number of carbonyl (C=O) groups is 2. The Morgan fingerprint density at radius 3 is 2.19 bits per heavy atom. The molecule has 1 aliphatic heterocycles. The summed E-state index contributed by atoms with van der Waals surface area (Å²) in [5, 5.41) is 12.5. The molecule has 12 heteroatoms. The quantitative estimate of drug-likeness (QED) is 0.194. The van der Waals surface area contributed by atoms with Crippen molar-refractivity contribution in [2.45, 2.75) is 78.6 Å². The van der Waals surface area contributed by atoms with Crippen LogP contribution in [0.3, 0.4) is 0 Å². The summed E-state index contributed by atoms with van der Waals surface area (Å²) >= 11 is 0. The minimum Gasteiger partial charge on any atom is -0.497 e. The first-order valence-electron chi connectivity index (χ1n) is 16.0. The molecule has 1 aliphatic rings. The van der Waals surface area contributed by atoms with Crippen LogP contribution >= 0.6 is 0 Å². The number of carboxylic acids is 1. The van der Waals surface area contributed by atoms with Gasteiger partial charge < -0.3 is 24.6 Å². The second-order valence-corrected chi connectivity index (χ2v) is 13.0. The molecule has 2 atom stereocenters. The Kier molecular flexibility index (Phi) is 11.4. The van der Waals surface area contributed by atoms with Crippen molar-refractivity contribution in [2.24, 2.45) is 5.92 Å². The van der Waals surface area contributed by atoms with E-state index in [0.717, 1.165) is 47.0 Å². The van der Waals surface area contributed by atoms with E-state index in [9.17, 15) is 32.7 Å². The van der Waals surface area contributed by atoms with E-state index in [0.29, 0.717) is 23.9 Å². The molecule has 0 aliphatic carbocycles. The molecular weight excluding hydrogens is 630 g/mol. The first-order valence-corrected chi connectivity index (χ1v) is 16.0. The zero-order chi connectivity index (χ0) is 35.5. The van der Waals surface area contributed by atoms with Gasteiger partial charge in [0.15, 0.2) is 0 Å². The molecule has 48 heavy (non-hydrogen) atoms. The number of rotatable bonds is 13. The number of pyridine rings is 1. The maximum atomic E-state index is 15.8. The average molecular weight is 674 g/mol. The predicted molar refractivity (Wildman–Crippen MR) is 175 cm³/mol. The fourth-order valence-electron chi connectivity index (χ4n) is 6.35. The van der Waals surface area contributed by atoms with Crippen LogP contribution in [0.5, 0.6) is 5.75 Å². The molecule has 260 valence electrons. The van der Waals surface area contributed by atoms with Crippen LogP contribution in [0.4, 0.5) is 17.6 Å². The summed E-state index contributed by atoms with van der Waals surface area (Å²) < 4.78 is 64.2. The van der Waals surface area contributed by atoms with Gasteiger partial charge in [0.2, 0.25) is 5.91 Å². The lowest BCUT2D eigenvalue weighted by atomic mass is 9.90. The van der Waals surface area contributed by atoms with Crippen molar-refractivity contribution in [3.8, 4) is 16.9 Å². The first-order chi connectivity index (χ1) is 22.5. The van der Waals surface area contributed by atoms with Gasteiger partial charge in [-0.2, -0.15) is 13.2 Å². The average Bonchev–Trinajstić information content (AvgIpc) is 2.95. The molecule has 0 saturated carbocycles. The van der Waals surface area contributed by atoms with Crippen LogP contribution in [-0.2, 0) is 22.2 Å². The van der Waals surface area contributed by atoms with E-state index in [2.05, 4.69) is 5.32 Å². The monoisotopic (exact) mass is 673 g/mol. The molecule has 2 heterocycles. The lowest BCUT2D eigenvalue weighted by Gasteiger charge is -2.31. The number of amides is 1. The van der Waals surface area contributed by atoms with Gasteiger partial charge in [-0.25, -0.2) is 4.39 Å². The molecule has 8 nitrogen and oxygen atoms in total. The van der Waals surface area contributed by atoms with Crippen molar-refractivity contribution >= 4 is 11.9 Å². The van der Waals surface area contributed by atoms with E-state index >= 15 is 4.39 Å². The second kappa shape index (κ2) is 14.9. The lowest BCUT2D eigenvalue weighted by molar-refractivity contribution is -0.139. The van der Waals surface area contributed by atoms with Gasteiger partial charge in [0.05, 0.1) is 25.1 Å². The van der Waals surface area contributed by atoms with E-state index < -0.39 is 53.5 Å². The molecule has 0 bridgehead atoms. The highest BCUT2D eigenvalue weighted by Gasteiger charge is 2.36. The standard InChI is InChI=1S/C36H43F4N3O5/c1-20(2)12-30(43-19-24(8-11-42-9-7-10-42)28(17-31(43)44)36(38,39)40)35(47)41-29(18-32(45)46)27-16-25(13-23(5)34(27)37)33-21(3)14-26(48-6)15-22(33)4/h13-17,19-20,29-30H,7-12,18H2,1-6H3,(H,41,47)(H,45,46)/t29-,30?/m0/s1. The molecule has 2 N–H and O–H groups in total. The minimum absolute atomic E-state index is 0.0221. The molecular formula is C36H43F4N3O5. The summed E-state index contributed by atoms with van der Waals surface area (Å²) in [5.74, 6) is -2.35. The van der Waals surface area contributed by atoms with Crippen LogP contribution in [0, 0.1) is 32.5 Å². The number of aliphatic carboxylic acids is 1. The number of hydrogen-bond acceptors (Lipinski definition) is 5. The van der Waals surface area contributed by atoms with Crippen molar-refractivity contribution in [3.63, 3.8) is 0 Å². The summed E-state index contributed by atoms with van der Waals surface area (Å²) in [4.78, 5) is 41.3. The third kappa shape index (κ3) is 8.44. The lowest BCUT2D eigenvalue weighted by Crippen LogP contribution is -2.41. The molecule has 1 saturated heterocycles. The van der Waals surface area contributed by atoms with Crippen molar-refractivity contribution in [1.29, 1.82) is 0 Å². The van der Waals surface area contributed by atoms with Gasteiger partial charge in [-0.3, -0.25) is 14.4 Å². The second-order valence-electron chi connectivity index (χ2n) is 13.0. The minimum atomic E-state index is -4.77. The summed E-state index contributed by atoms with van der Waals surface area (Å²) in [7, 11) is 1.55. The number of ether oxygens (including phenoxy) is 1. The van der Waals surface area contributed by atoms with E-state index in [4.69, 9.17) is 4.74 Å². The molecule has 0 radical (unpaired) electrons. The number of nitrogens with zero attached hydrogens (tertiary/aromatic N) is 2. The van der Waals surface area contributed by atoms with Gasteiger partial charge >= 0.3 is 12.1 Å². The number of nitrogens with one attached hydrogen (secondary N) is 1. The zero-order valence-electron chi connectivity index (χ0n) is 28.1. The van der Waals surface area contributed by atoms with Gasteiger partial charge in [0, 0.05) is 24.4 Å². The van der Waals surface area contributed by atoms with Gasteiger partial charge in [0.25, 0.3) is 5.56 Å². The molecule has 1 aromatic heterocycles. The van der Waals surface area contributed by atoms with Crippen LogP contribution in [0.1, 0.15) is 78.6 Å². The van der Waals surface area contributed by atoms with E-state index in [1.54, 1.807) is 33.9 Å². The Balaban J connectivity index is 1.77. The maximum Gasteiger partial charge on any atom is 0.416 e. The Labute approximate surface area is 277 Å². The normalized spacial score (nSPS) is 14.8. The van der Waals surface area contributed by atoms with Crippen LogP contribution in [0.15, 0.2) is 41.3 Å². The fourth-order valence-corrected chi connectivity index (χ4v) is 6.35. The molecule has 0 spiro atoms. The Hall–Kier alpha value is -4.19. The van der Waals surface area contributed by atoms with Crippen LogP contribution in [0.25, 0.3) is 11.1 Å². The highest BCUT2D eigenvalue weighted by molar-refractivity contribution is 5.82. The molecule has 1 unspecified atom stereocenters. The Morgan fingerprint density at radius 2 is 1.67 bits per heavy atom. The topological polar surface area (TPSA) is 101 Å². The number of methoxy groups -OCH3 is 1. The van der Waals surface area contributed by atoms with Crippen LogP contribution in [0.2, 0.25) is 0 Å². The van der Waals surface area contributed by atoms with E-state index in [1.165, 1.54) is 6.07 Å². The van der Waals surface area contributed by atoms with Gasteiger partial charge in [0.1, 0.15) is 17.6 Å². The number of halogens is 4. The van der Waals surface area contributed by atoms with E-state index in [1.807, 2.05) is 30.9 Å². The molecule has 1 amide bonds. The summed E-state index contributed by atoms with van der Waals surface area (Å²) in [5.41, 5.74) is 1.07. The Morgan fingerprint density at radius 1 is 1.02 bits per heavy atom. The van der Waals surface area contributed by atoms with E-state index in [-0.39, 0.29) is 35.4 Å². The highest BCUT2D eigenvalue weighted by Crippen LogP contribution is 2.36. The predicted octanol–water partition coefficient (Wildman–Crippen LogP) is 6.77. The third-order valence-corrected chi connectivity index (χ3v) is 8.83. The molecule has 4 rings (SSSR count). The largest absolute Gasteiger partial charge is 0.497 e. The number of carboxylic acid groups (broad SMARTS) is 1. The fraction of sp³-hybridized carbons (Fsp3) is 0.472. The smallest absolute Gasteiger partial charge is 0.416 e. The number of benzene rings is 2. The number of alkyl halides is 3. The third-order valence-electron chi connectivity index (χ3n) is 8.83. The van der Waals surface area contributed by atoms with Crippen molar-refractivity contribution < 1.29 is 37.0 Å². The van der Waals surface area contributed by atoms with Gasteiger partial charge in [-0.1, -0.05) is 13.8 Å². The SMILES string of the molecule is COc1cc(C)c(-c2cc(C)c(F)c([C@H](CC(=O)O)NC(=O)C(CC(C)C)n3cc(CCN4CCC4)c(C(F)(F)F)cc3=O)c2)c(C)c1. The number of hydrogen-bond donors (Lipinski definition) is 2. The molecule has 2 aromatic carbocycles. The van der Waals surface area contributed by atoms with Crippen LogP contribution in [-0.4, -0.2) is 53.2 Å². The summed E-state index contributed by atoms with van der Waals surface area (Å²) in [6.07, 6.45) is -3.30. The van der Waals surface area contributed by atoms with Crippen molar-refractivity contribution in [3.05, 3.63) is 86.1 Å². The number of aryl methyl sites for hydroxylation is 3. The maximum absolute atomic E-state index is 15.8. The summed E-state index contributed by atoms with van der Waals surface area (Å²) in [6.45, 7) is 10.8. The van der Waals surface area contributed by atoms with Gasteiger partial charge in [-0.15, -0.1) is 0 Å². The van der Waals surface area contributed by atoms with Crippen molar-refractivity contribution in [1.82, 2.24) is 14.8 Å². The Bertz CT molecular complexity index is 1710. The number of carbonyl (C=O) groups excluding carboxylic acids is 1. The number of aromatic nitrogens is 1. The summed E-state index contributed by atoms with van der Waals surface area (Å²) in [6, 6.07) is 4.70. The molecule has 3 aromatic rings. The zero-order valence-corrected chi connectivity index (χ0v) is 28.1. The van der Waals surface area contributed by atoms with Crippen LogP contribution < -0.4 is 15.6 Å². The first kappa shape index (κ1) is 36.6. The van der Waals surface area contributed by atoms with Gasteiger partial charge in [-0.05, 0) is 117 Å². The molecule has 1 fully saturated rings. The highest BCUT2D eigenvalue weighted by atomic mass is 19.4. The number of likely N-dealkylation sites (tertiary alicyclic amines) is 1. The van der Waals surface area contributed by atoms with Crippen molar-refractivity contribution in [2.75, 3.05) is 26.7 Å².